The molecule has 2 aromatic heterocycles. The number of anilines is 1. The van der Waals surface area contributed by atoms with Gasteiger partial charge < -0.3 is 15.1 Å². The Kier molecular flexibility index (Phi) is 5.42. The first-order valence-corrected chi connectivity index (χ1v) is 10.9. The lowest BCUT2D eigenvalue weighted by Crippen LogP contribution is -2.56. The molecule has 2 bridgehead atoms. The maximum Gasteiger partial charge on any atom is 0.319 e. The molecule has 7 nitrogen and oxygen atoms in total. The molecule has 160 valence electrons. The number of nitrogens with zero attached hydrogens (tertiary/aromatic N) is 3. The van der Waals surface area contributed by atoms with Crippen molar-refractivity contribution in [1.29, 1.82) is 0 Å². The smallest absolute Gasteiger partial charge is 0.319 e. The van der Waals surface area contributed by atoms with Crippen LogP contribution in [0.2, 0.25) is 0 Å². The first kappa shape index (κ1) is 19.8. The third kappa shape index (κ3) is 4.32. The van der Waals surface area contributed by atoms with Crippen LogP contribution in [0, 0.1) is 12.8 Å². The standard InChI is InChI=1S/C24H27N5O2/c1-16-26-21(13-22(27-16)23-8-5-11-31-23)20-15-29-10-9-17(20)12-19(29)14-25-24(30)28-18-6-3-2-4-7-18/h2-8,11,13,17,19-20H,9-10,12,14-15H2,1H3,(H2,25,28,30)/t17-,19+,20+/m0/s1. The topological polar surface area (TPSA) is 83.3 Å². The van der Waals surface area contributed by atoms with E-state index in [-0.39, 0.29) is 6.03 Å². The number of urea groups is 1. The second kappa shape index (κ2) is 8.51. The highest BCUT2D eigenvalue weighted by molar-refractivity contribution is 5.89. The van der Waals surface area contributed by atoms with Crippen molar-refractivity contribution in [1.82, 2.24) is 20.2 Å². The highest BCUT2D eigenvalue weighted by atomic mass is 16.3. The summed E-state index contributed by atoms with van der Waals surface area (Å²) in [6, 6.07) is 15.6. The lowest BCUT2D eigenvalue weighted by Gasteiger charge is -2.49. The van der Waals surface area contributed by atoms with Crippen molar-refractivity contribution in [2.45, 2.75) is 31.7 Å². The molecule has 0 aliphatic carbocycles. The van der Waals surface area contributed by atoms with E-state index in [9.17, 15) is 4.79 Å². The summed E-state index contributed by atoms with van der Waals surface area (Å²) in [5.41, 5.74) is 2.75. The number of aryl methyl sites for hydroxylation is 1. The maximum atomic E-state index is 12.3. The SMILES string of the molecule is Cc1nc(-c2ccco2)cc([C@@H]2CN3CC[C@H]2C[C@@H]3CNC(=O)Nc2ccccc2)n1. The van der Waals surface area contributed by atoms with Gasteiger partial charge in [0.2, 0.25) is 0 Å². The summed E-state index contributed by atoms with van der Waals surface area (Å²) < 4.78 is 5.55. The number of piperidine rings is 3. The van der Waals surface area contributed by atoms with E-state index in [0.717, 1.165) is 54.6 Å². The van der Waals surface area contributed by atoms with Gasteiger partial charge in [-0.1, -0.05) is 18.2 Å². The number of hydrogen-bond acceptors (Lipinski definition) is 5. The summed E-state index contributed by atoms with van der Waals surface area (Å²) in [5, 5.41) is 5.94. The average Bonchev–Trinajstić information content (AvgIpc) is 3.33. The fourth-order valence-electron chi connectivity index (χ4n) is 4.92. The Morgan fingerprint density at radius 1 is 1.19 bits per heavy atom. The second-order valence-corrected chi connectivity index (χ2v) is 8.44. The van der Waals surface area contributed by atoms with Crippen molar-refractivity contribution in [3.63, 3.8) is 0 Å². The molecule has 31 heavy (non-hydrogen) atoms. The van der Waals surface area contributed by atoms with Gasteiger partial charge in [0.1, 0.15) is 11.5 Å². The molecule has 3 saturated heterocycles. The Morgan fingerprint density at radius 3 is 2.81 bits per heavy atom. The molecule has 3 fully saturated rings. The summed E-state index contributed by atoms with van der Waals surface area (Å²) >= 11 is 0. The van der Waals surface area contributed by atoms with Gasteiger partial charge in [0.25, 0.3) is 0 Å². The molecular formula is C24H27N5O2. The minimum Gasteiger partial charge on any atom is -0.463 e. The Labute approximate surface area is 181 Å². The second-order valence-electron chi connectivity index (χ2n) is 8.44. The zero-order valence-electron chi connectivity index (χ0n) is 17.6. The van der Waals surface area contributed by atoms with Gasteiger partial charge in [-0.3, -0.25) is 4.90 Å². The quantitative estimate of drug-likeness (QED) is 0.655. The van der Waals surface area contributed by atoms with Crippen LogP contribution in [0.25, 0.3) is 11.5 Å². The predicted molar refractivity (Wildman–Crippen MR) is 119 cm³/mol. The molecule has 2 amide bonds. The van der Waals surface area contributed by atoms with Gasteiger partial charge in [0, 0.05) is 36.4 Å². The number of amides is 2. The van der Waals surface area contributed by atoms with Crippen molar-refractivity contribution < 1.29 is 9.21 Å². The molecule has 1 unspecified atom stereocenters. The molecule has 6 rings (SSSR count). The van der Waals surface area contributed by atoms with Crippen LogP contribution >= 0.6 is 0 Å². The molecule has 1 aromatic carbocycles. The first-order valence-electron chi connectivity index (χ1n) is 10.9. The Morgan fingerprint density at radius 2 is 2.06 bits per heavy atom. The number of fused-ring (bicyclic) bond motifs is 3. The maximum absolute atomic E-state index is 12.3. The van der Waals surface area contributed by atoms with Crippen molar-refractivity contribution >= 4 is 11.7 Å². The summed E-state index contributed by atoms with van der Waals surface area (Å²) in [6.45, 7) is 4.63. The van der Waals surface area contributed by atoms with Crippen molar-refractivity contribution in [3.05, 3.63) is 66.3 Å². The van der Waals surface area contributed by atoms with Crippen LogP contribution in [-0.2, 0) is 0 Å². The number of benzene rings is 1. The van der Waals surface area contributed by atoms with Crippen molar-refractivity contribution in [2.24, 2.45) is 5.92 Å². The fraction of sp³-hybridized carbons (Fsp3) is 0.375. The molecule has 0 saturated carbocycles. The van der Waals surface area contributed by atoms with Gasteiger partial charge in [0.05, 0.1) is 6.26 Å². The minimum absolute atomic E-state index is 0.153. The normalized spacial score (nSPS) is 24.7. The van der Waals surface area contributed by atoms with Crippen LogP contribution in [0.1, 0.15) is 30.3 Å². The first-order chi connectivity index (χ1) is 15.2. The lowest BCUT2D eigenvalue weighted by molar-refractivity contribution is 0.0307. The highest BCUT2D eigenvalue weighted by Gasteiger charge is 2.41. The Balaban J connectivity index is 1.23. The predicted octanol–water partition coefficient (Wildman–Crippen LogP) is 4.04. The van der Waals surface area contributed by atoms with Crippen LogP contribution in [0.15, 0.2) is 59.2 Å². The lowest BCUT2D eigenvalue weighted by atomic mass is 9.74. The number of rotatable bonds is 5. The summed E-state index contributed by atoms with van der Waals surface area (Å²) in [7, 11) is 0. The van der Waals surface area contributed by atoms with Crippen LogP contribution in [-0.4, -0.2) is 46.6 Å². The van der Waals surface area contributed by atoms with Gasteiger partial charge >= 0.3 is 6.03 Å². The van der Waals surface area contributed by atoms with Crippen molar-refractivity contribution in [2.75, 3.05) is 25.0 Å². The summed E-state index contributed by atoms with van der Waals surface area (Å²) in [5.74, 6) is 2.50. The van der Waals surface area contributed by atoms with Crippen LogP contribution in [0.4, 0.5) is 10.5 Å². The number of aromatic nitrogens is 2. The number of carbonyl (C=O) groups is 1. The van der Waals surface area contributed by atoms with Crippen LogP contribution in [0.3, 0.4) is 0 Å². The number of hydrogen-bond donors (Lipinski definition) is 2. The van der Waals surface area contributed by atoms with E-state index in [4.69, 9.17) is 9.40 Å². The average molecular weight is 418 g/mol. The zero-order valence-corrected chi connectivity index (χ0v) is 17.6. The molecule has 3 aliphatic heterocycles. The van der Waals surface area contributed by atoms with Gasteiger partial charge in [-0.15, -0.1) is 0 Å². The largest absolute Gasteiger partial charge is 0.463 e. The van der Waals surface area contributed by atoms with Crippen molar-refractivity contribution in [3.8, 4) is 11.5 Å². The third-order valence-corrected chi connectivity index (χ3v) is 6.42. The molecule has 3 aromatic rings. The van der Waals surface area contributed by atoms with E-state index in [1.807, 2.05) is 49.4 Å². The molecule has 3 aliphatic rings. The summed E-state index contributed by atoms with van der Waals surface area (Å²) in [6.07, 6.45) is 3.90. The molecule has 2 N–H and O–H groups in total. The third-order valence-electron chi connectivity index (χ3n) is 6.42. The molecule has 0 radical (unpaired) electrons. The molecule has 4 atom stereocenters. The number of furan rings is 1. The highest BCUT2D eigenvalue weighted by Crippen LogP contribution is 2.41. The van der Waals surface area contributed by atoms with Gasteiger partial charge in [-0.05, 0) is 62.6 Å². The number of nitrogens with one attached hydrogen (secondary N) is 2. The monoisotopic (exact) mass is 417 g/mol. The van der Waals surface area contributed by atoms with E-state index in [1.165, 1.54) is 0 Å². The van der Waals surface area contributed by atoms with E-state index in [1.54, 1.807) is 6.26 Å². The Hall–Kier alpha value is -3.19. The van der Waals surface area contributed by atoms with Gasteiger partial charge in [0.15, 0.2) is 5.76 Å². The zero-order chi connectivity index (χ0) is 21.2. The van der Waals surface area contributed by atoms with E-state index < -0.39 is 0 Å². The molecule has 7 heteroatoms. The molecular weight excluding hydrogens is 390 g/mol. The van der Waals surface area contributed by atoms with E-state index >= 15 is 0 Å². The van der Waals surface area contributed by atoms with E-state index in [0.29, 0.717) is 24.4 Å². The number of para-hydroxylation sites is 1. The number of carbonyl (C=O) groups excluding carboxylic acids is 1. The molecule has 5 heterocycles. The van der Waals surface area contributed by atoms with E-state index in [2.05, 4.69) is 26.6 Å². The van der Waals surface area contributed by atoms with Crippen LogP contribution in [0.5, 0.6) is 0 Å². The summed E-state index contributed by atoms with van der Waals surface area (Å²) in [4.78, 5) is 24.1. The van der Waals surface area contributed by atoms with Gasteiger partial charge in [-0.2, -0.15) is 0 Å². The molecule has 0 spiro atoms. The van der Waals surface area contributed by atoms with Crippen LogP contribution < -0.4 is 10.6 Å². The Bertz CT molecular complexity index is 1040. The fourth-order valence-corrected chi connectivity index (χ4v) is 4.92. The minimum atomic E-state index is -0.153. The van der Waals surface area contributed by atoms with Gasteiger partial charge in [-0.25, -0.2) is 14.8 Å².